The summed E-state index contributed by atoms with van der Waals surface area (Å²) < 4.78 is 16.5. The predicted octanol–water partition coefficient (Wildman–Crippen LogP) is 2.06. The van der Waals surface area contributed by atoms with Gasteiger partial charge in [-0.2, -0.15) is 0 Å². The molecule has 1 saturated heterocycles. The number of aromatic nitrogens is 3. The number of rotatable bonds is 6. The average Bonchev–Trinajstić information content (AvgIpc) is 3.35. The molecule has 0 radical (unpaired) electrons. The van der Waals surface area contributed by atoms with E-state index in [9.17, 15) is 4.79 Å². The van der Waals surface area contributed by atoms with E-state index < -0.39 is 0 Å². The summed E-state index contributed by atoms with van der Waals surface area (Å²) in [6, 6.07) is 9.77. The van der Waals surface area contributed by atoms with Crippen molar-refractivity contribution in [3.05, 3.63) is 42.0 Å². The molecule has 1 fully saturated rings. The Labute approximate surface area is 168 Å². The van der Waals surface area contributed by atoms with Gasteiger partial charge in [0.1, 0.15) is 22.9 Å². The van der Waals surface area contributed by atoms with Gasteiger partial charge in [0.15, 0.2) is 6.54 Å². The maximum atomic E-state index is 12.1. The highest BCUT2D eigenvalue weighted by atomic mass is 16.5. The van der Waals surface area contributed by atoms with Crippen LogP contribution in [-0.4, -0.2) is 41.0 Å². The van der Waals surface area contributed by atoms with Crippen LogP contribution in [0.4, 0.5) is 0 Å². The van der Waals surface area contributed by atoms with Crippen molar-refractivity contribution in [1.82, 2.24) is 15.4 Å². The number of likely N-dealkylation sites (tertiary alicyclic amines) is 1. The Morgan fingerprint density at radius 3 is 2.90 bits per heavy atom. The molecular weight excluding hydrogens is 372 g/mol. The standard InChI is InChI=1S/C21H24N4O4/c1-3-27-21(26)16-10-7-11-25(12-16)13-17-22-23-20(28-17)18-14(2)29-24-19(18)15-8-5-4-6-9-15/h4-6,8-9,16H,3,7,10-13H2,1-2H3/p+1/t16-/m1/s1. The van der Waals surface area contributed by atoms with Crippen molar-refractivity contribution in [1.29, 1.82) is 0 Å². The first-order chi connectivity index (χ1) is 14.2. The third kappa shape index (κ3) is 4.22. The summed E-state index contributed by atoms with van der Waals surface area (Å²) in [5, 5.41) is 12.6. The second kappa shape index (κ2) is 8.57. The fourth-order valence-corrected chi connectivity index (χ4v) is 3.83. The molecule has 1 aromatic carbocycles. The Bertz CT molecular complexity index is 966. The van der Waals surface area contributed by atoms with Gasteiger partial charge < -0.3 is 18.6 Å². The second-order valence-corrected chi connectivity index (χ2v) is 7.30. The SMILES string of the molecule is CCOC(=O)[C@@H]1CCC[NH+](Cc2nnc(-c3c(-c4ccccc4)noc3C)o2)C1. The minimum atomic E-state index is -0.108. The van der Waals surface area contributed by atoms with Crippen molar-refractivity contribution in [3.8, 4) is 22.7 Å². The van der Waals surface area contributed by atoms with E-state index in [0.717, 1.165) is 31.5 Å². The summed E-state index contributed by atoms with van der Waals surface area (Å²) in [7, 11) is 0. The van der Waals surface area contributed by atoms with Crippen LogP contribution >= 0.6 is 0 Å². The molecule has 0 saturated carbocycles. The number of quaternary nitrogens is 1. The molecule has 1 aliphatic heterocycles. The van der Waals surface area contributed by atoms with Gasteiger partial charge in [-0.3, -0.25) is 4.79 Å². The first-order valence-corrected chi connectivity index (χ1v) is 10.00. The Balaban J connectivity index is 1.50. The van der Waals surface area contributed by atoms with Gasteiger partial charge in [-0.05, 0) is 26.7 Å². The highest BCUT2D eigenvalue weighted by Gasteiger charge is 2.31. The minimum absolute atomic E-state index is 0.0638. The van der Waals surface area contributed by atoms with Crippen LogP contribution in [0.5, 0.6) is 0 Å². The Kier molecular flexibility index (Phi) is 5.71. The molecule has 2 atom stereocenters. The summed E-state index contributed by atoms with van der Waals surface area (Å²) >= 11 is 0. The summed E-state index contributed by atoms with van der Waals surface area (Å²) in [6.07, 6.45) is 1.85. The Morgan fingerprint density at radius 1 is 1.28 bits per heavy atom. The lowest BCUT2D eigenvalue weighted by atomic mass is 9.98. The van der Waals surface area contributed by atoms with Gasteiger partial charge in [-0.25, -0.2) is 0 Å². The molecule has 0 amide bonds. The fraction of sp³-hybridized carbons (Fsp3) is 0.429. The van der Waals surface area contributed by atoms with Crippen molar-refractivity contribution in [2.75, 3.05) is 19.7 Å². The molecule has 8 heteroatoms. The molecule has 0 bridgehead atoms. The first-order valence-electron chi connectivity index (χ1n) is 10.00. The first kappa shape index (κ1) is 19.3. The van der Waals surface area contributed by atoms with E-state index in [2.05, 4.69) is 15.4 Å². The van der Waals surface area contributed by atoms with Crippen LogP contribution in [0.1, 0.15) is 31.4 Å². The molecule has 1 unspecified atom stereocenters. The summed E-state index contributed by atoms with van der Waals surface area (Å²) in [5.74, 6) is 1.40. The molecule has 0 spiro atoms. The highest BCUT2D eigenvalue weighted by molar-refractivity contribution is 5.77. The minimum Gasteiger partial charge on any atom is -0.466 e. The third-order valence-electron chi connectivity index (χ3n) is 5.23. The number of nitrogens with zero attached hydrogens (tertiary/aromatic N) is 3. The van der Waals surface area contributed by atoms with Gasteiger partial charge in [0.05, 0.1) is 19.7 Å². The molecular formula is C21H25N4O4+. The van der Waals surface area contributed by atoms with Gasteiger partial charge in [-0.1, -0.05) is 35.5 Å². The smallest absolute Gasteiger partial charge is 0.314 e. The molecule has 8 nitrogen and oxygen atoms in total. The molecule has 4 rings (SSSR count). The van der Waals surface area contributed by atoms with Crippen LogP contribution in [-0.2, 0) is 16.1 Å². The summed E-state index contributed by atoms with van der Waals surface area (Å²) in [4.78, 5) is 13.3. The van der Waals surface area contributed by atoms with Crippen LogP contribution in [0.25, 0.3) is 22.7 Å². The van der Waals surface area contributed by atoms with E-state index in [1.165, 1.54) is 4.90 Å². The van der Waals surface area contributed by atoms with Crippen LogP contribution in [0.2, 0.25) is 0 Å². The Hall–Kier alpha value is -3.00. The van der Waals surface area contributed by atoms with Gasteiger partial charge in [0, 0.05) is 5.56 Å². The number of aryl methyl sites for hydroxylation is 1. The van der Waals surface area contributed by atoms with Crippen molar-refractivity contribution in [2.45, 2.75) is 33.2 Å². The van der Waals surface area contributed by atoms with E-state index in [0.29, 0.717) is 42.0 Å². The lowest BCUT2D eigenvalue weighted by Gasteiger charge is -2.27. The lowest BCUT2D eigenvalue weighted by molar-refractivity contribution is -0.922. The molecule has 29 heavy (non-hydrogen) atoms. The van der Waals surface area contributed by atoms with E-state index >= 15 is 0 Å². The van der Waals surface area contributed by atoms with Crippen LogP contribution < -0.4 is 4.90 Å². The van der Waals surface area contributed by atoms with Crippen molar-refractivity contribution in [2.24, 2.45) is 5.92 Å². The lowest BCUT2D eigenvalue weighted by Crippen LogP contribution is -3.12. The van der Waals surface area contributed by atoms with Crippen molar-refractivity contribution in [3.63, 3.8) is 0 Å². The predicted molar refractivity (Wildman–Crippen MR) is 104 cm³/mol. The Morgan fingerprint density at radius 2 is 2.10 bits per heavy atom. The number of ether oxygens (including phenoxy) is 1. The molecule has 2 aromatic heterocycles. The number of hydrogen-bond donors (Lipinski definition) is 1. The van der Waals surface area contributed by atoms with Gasteiger partial charge in [0.2, 0.25) is 0 Å². The number of carbonyl (C=O) groups excluding carboxylic acids is 1. The largest absolute Gasteiger partial charge is 0.466 e. The number of piperidine rings is 1. The topological polar surface area (TPSA) is 95.7 Å². The molecule has 152 valence electrons. The third-order valence-corrected chi connectivity index (χ3v) is 5.23. The zero-order valence-electron chi connectivity index (χ0n) is 16.7. The van der Waals surface area contributed by atoms with Crippen LogP contribution in [0, 0.1) is 12.8 Å². The summed E-state index contributed by atoms with van der Waals surface area (Å²) in [6.45, 7) is 6.35. The monoisotopic (exact) mass is 397 g/mol. The highest BCUT2D eigenvalue weighted by Crippen LogP contribution is 2.33. The van der Waals surface area contributed by atoms with Crippen LogP contribution in [0.15, 0.2) is 39.3 Å². The summed E-state index contributed by atoms with van der Waals surface area (Å²) in [5.41, 5.74) is 2.33. The normalized spacial score (nSPS) is 19.2. The molecule has 1 aliphatic rings. The number of hydrogen-bond acceptors (Lipinski definition) is 7. The fourth-order valence-electron chi connectivity index (χ4n) is 3.83. The number of benzene rings is 1. The molecule has 0 aliphatic carbocycles. The van der Waals surface area contributed by atoms with Gasteiger partial charge in [0.25, 0.3) is 11.8 Å². The van der Waals surface area contributed by atoms with E-state index in [1.54, 1.807) is 0 Å². The zero-order chi connectivity index (χ0) is 20.2. The molecule has 3 aromatic rings. The maximum Gasteiger partial charge on any atom is 0.314 e. The van der Waals surface area contributed by atoms with E-state index in [4.69, 9.17) is 13.7 Å². The molecule has 3 heterocycles. The second-order valence-electron chi connectivity index (χ2n) is 7.30. The van der Waals surface area contributed by atoms with E-state index in [1.807, 2.05) is 44.2 Å². The van der Waals surface area contributed by atoms with Crippen LogP contribution in [0.3, 0.4) is 0 Å². The van der Waals surface area contributed by atoms with Gasteiger partial charge >= 0.3 is 5.97 Å². The molecule has 1 N–H and O–H groups in total. The average molecular weight is 397 g/mol. The zero-order valence-corrected chi connectivity index (χ0v) is 16.7. The number of nitrogens with one attached hydrogen (secondary N) is 1. The van der Waals surface area contributed by atoms with Gasteiger partial charge in [-0.15, -0.1) is 10.2 Å². The maximum absolute atomic E-state index is 12.1. The number of carbonyl (C=O) groups is 1. The number of esters is 1. The quantitative estimate of drug-likeness (QED) is 0.636. The van der Waals surface area contributed by atoms with E-state index in [-0.39, 0.29) is 11.9 Å². The van der Waals surface area contributed by atoms with Crippen molar-refractivity contribution < 1.29 is 23.4 Å². The van der Waals surface area contributed by atoms with Crippen molar-refractivity contribution >= 4 is 5.97 Å².